The second kappa shape index (κ2) is 20.9. The van der Waals surface area contributed by atoms with Gasteiger partial charge in [0.1, 0.15) is 6.10 Å². The average molecular weight is 567 g/mol. The summed E-state index contributed by atoms with van der Waals surface area (Å²) in [7, 11) is 0. The Balaban J connectivity index is 2.18. The number of nitrogens with one attached hydrogen (secondary N) is 1. The molecule has 1 aliphatic rings. The fourth-order valence-electron chi connectivity index (χ4n) is 5.26. The lowest BCUT2D eigenvalue weighted by molar-refractivity contribution is -0.145. The highest BCUT2D eigenvalue weighted by atomic mass is 16.4. The van der Waals surface area contributed by atoms with Crippen LogP contribution < -0.4 is 5.32 Å². The molecule has 2 unspecified atom stereocenters. The minimum absolute atomic E-state index is 0.0831. The van der Waals surface area contributed by atoms with Crippen LogP contribution in [0, 0.1) is 17.3 Å². The molecule has 232 valence electrons. The molecule has 2 atom stereocenters. The van der Waals surface area contributed by atoms with Crippen LogP contribution in [0.3, 0.4) is 0 Å². The molecule has 2 amide bonds. The van der Waals surface area contributed by atoms with Gasteiger partial charge in [-0.05, 0) is 50.9 Å². The monoisotopic (exact) mass is 566 g/mol. The van der Waals surface area contributed by atoms with Crippen LogP contribution in [0.25, 0.3) is 0 Å². The van der Waals surface area contributed by atoms with Crippen molar-refractivity contribution in [1.29, 1.82) is 0 Å². The lowest BCUT2D eigenvalue weighted by Crippen LogP contribution is -2.49. The molecule has 1 fully saturated rings. The molecular formula is C32H58N2O6. The largest absolute Gasteiger partial charge is 0.481 e. The Hall–Kier alpha value is -1.93. The summed E-state index contributed by atoms with van der Waals surface area (Å²) in [6.45, 7) is 6.00. The molecule has 8 heteroatoms. The number of hydrogen-bond donors (Lipinski definition) is 4. The third-order valence-electron chi connectivity index (χ3n) is 8.32. The molecule has 0 aromatic rings. The number of amides is 2. The Morgan fingerprint density at radius 1 is 0.900 bits per heavy atom. The van der Waals surface area contributed by atoms with Crippen LogP contribution in [0.2, 0.25) is 0 Å². The number of aliphatic hydroxyl groups excluding tert-OH is 2. The van der Waals surface area contributed by atoms with E-state index in [1.54, 1.807) is 13.8 Å². The Kier molecular flexibility index (Phi) is 18.8. The summed E-state index contributed by atoms with van der Waals surface area (Å²) in [5.74, 6) is -2.46. The third-order valence-corrected chi connectivity index (χ3v) is 8.32. The molecular weight excluding hydrogens is 508 g/mol. The Bertz CT molecular complexity index is 746. The normalized spacial score (nSPS) is 16.3. The maximum absolute atomic E-state index is 12.7. The minimum Gasteiger partial charge on any atom is -0.481 e. The Morgan fingerprint density at radius 3 is 1.95 bits per heavy atom. The van der Waals surface area contributed by atoms with Gasteiger partial charge in [0, 0.05) is 31.5 Å². The zero-order chi connectivity index (χ0) is 29.8. The van der Waals surface area contributed by atoms with Crippen LogP contribution in [0.4, 0.5) is 0 Å². The minimum atomic E-state index is -1.43. The first-order chi connectivity index (χ1) is 19.1. The van der Waals surface area contributed by atoms with E-state index in [9.17, 15) is 29.7 Å². The van der Waals surface area contributed by atoms with Crippen molar-refractivity contribution in [3.63, 3.8) is 0 Å². The quantitative estimate of drug-likeness (QED) is 0.102. The molecule has 0 aliphatic carbocycles. The van der Waals surface area contributed by atoms with E-state index in [0.717, 1.165) is 25.7 Å². The Morgan fingerprint density at radius 2 is 1.43 bits per heavy atom. The van der Waals surface area contributed by atoms with Crippen LogP contribution in [-0.4, -0.2) is 70.3 Å². The first-order valence-corrected chi connectivity index (χ1v) is 15.9. The molecule has 0 spiro atoms. The molecule has 1 rings (SSSR count). The van der Waals surface area contributed by atoms with Gasteiger partial charge in [-0.25, -0.2) is 0 Å². The van der Waals surface area contributed by atoms with Crippen molar-refractivity contribution in [2.24, 2.45) is 17.3 Å². The first kappa shape index (κ1) is 36.1. The van der Waals surface area contributed by atoms with Crippen LogP contribution in [0.1, 0.15) is 124 Å². The maximum Gasteiger partial charge on any atom is 0.308 e. The van der Waals surface area contributed by atoms with E-state index in [4.69, 9.17) is 0 Å². The van der Waals surface area contributed by atoms with Gasteiger partial charge in [0.2, 0.25) is 11.8 Å². The fraction of sp³-hybridized carbons (Fsp3) is 0.844. The van der Waals surface area contributed by atoms with Crippen LogP contribution >= 0.6 is 0 Å². The van der Waals surface area contributed by atoms with Gasteiger partial charge < -0.3 is 25.5 Å². The number of likely N-dealkylation sites (tertiary alicyclic amines) is 1. The van der Waals surface area contributed by atoms with Gasteiger partial charge in [-0.3, -0.25) is 14.4 Å². The van der Waals surface area contributed by atoms with Gasteiger partial charge in [0.15, 0.2) is 0 Å². The van der Waals surface area contributed by atoms with Crippen molar-refractivity contribution in [2.45, 2.75) is 130 Å². The molecule has 0 bridgehead atoms. The van der Waals surface area contributed by atoms with Gasteiger partial charge in [-0.2, -0.15) is 0 Å². The van der Waals surface area contributed by atoms with E-state index in [0.29, 0.717) is 32.4 Å². The molecule has 8 nitrogen and oxygen atoms in total. The predicted molar refractivity (Wildman–Crippen MR) is 160 cm³/mol. The van der Waals surface area contributed by atoms with Gasteiger partial charge in [-0.15, -0.1) is 0 Å². The van der Waals surface area contributed by atoms with E-state index in [2.05, 4.69) is 24.4 Å². The number of piperidine rings is 1. The summed E-state index contributed by atoms with van der Waals surface area (Å²) in [5, 5.41) is 31.8. The SMILES string of the molecule is CCCCCCCC/C=C\CCCCCCCC(=O)N1CCC(C(CNC(=O)C(O)C(C)(C)CO)C(=O)O)CC1. The van der Waals surface area contributed by atoms with E-state index in [1.165, 1.54) is 57.8 Å². The van der Waals surface area contributed by atoms with Crippen molar-refractivity contribution in [3.05, 3.63) is 12.2 Å². The topological polar surface area (TPSA) is 127 Å². The number of allylic oxidation sites excluding steroid dienone is 2. The number of unbranched alkanes of at least 4 members (excludes halogenated alkanes) is 11. The summed E-state index contributed by atoms with van der Waals surface area (Å²) in [6, 6.07) is 0. The summed E-state index contributed by atoms with van der Waals surface area (Å²) in [6.07, 6.45) is 20.8. The molecule has 0 saturated carbocycles. The molecule has 0 aromatic heterocycles. The number of carbonyl (C=O) groups is 3. The summed E-state index contributed by atoms with van der Waals surface area (Å²) >= 11 is 0. The highest BCUT2D eigenvalue weighted by Crippen LogP contribution is 2.26. The van der Waals surface area contributed by atoms with E-state index < -0.39 is 29.3 Å². The number of nitrogens with zero attached hydrogens (tertiary/aromatic N) is 1. The van der Waals surface area contributed by atoms with Gasteiger partial charge in [0.05, 0.1) is 12.5 Å². The number of hydrogen-bond acceptors (Lipinski definition) is 5. The molecule has 4 N–H and O–H groups in total. The number of carbonyl (C=O) groups excluding carboxylic acids is 2. The second-order valence-corrected chi connectivity index (χ2v) is 12.3. The summed E-state index contributed by atoms with van der Waals surface area (Å²) < 4.78 is 0. The summed E-state index contributed by atoms with van der Waals surface area (Å²) in [5.41, 5.74) is -1.02. The number of aliphatic carboxylic acids is 1. The molecule has 0 aromatic carbocycles. The standard InChI is InChI=1S/C32H58N2O6/c1-4-5-6-7-8-9-10-11-12-13-14-15-16-17-18-19-28(36)34-22-20-26(21-23-34)27(31(39)40)24-33-30(38)29(37)32(2,3)25-35/h11-12,26-27,29,35,37H,4-10,13-25H2,1-3H3,(H,33,38)(H,39,40)/b12-11-. The highest BCUT2D eigenvalue weighted by molar-refractivity contribution is 5.82. The van der Waals surface area contributed by atoms with Crippen LogP contribution in [-0.2, 0) is 14.4 Å². The first-order valence-electron chi connectivity index (χ1n) is 15.9. The average Bonchev–Trinajstić information content (AvgIpc) is 2.94. The molecule has 0 radical (unpaired) electrons. The zero-order valence-electron chi connectivity index (χ0n) is 25.5. The number of rotatable bonds is 22. The van der Waals surface area contributed by atoms with E-state index >= 15 is 0 Å². The van der Waals surface area contributed by atoms with Crippen molar-refractivity contribution in [2.75, 3.05) is 26.2 Å². The predicted octanol–water partition coefficient (Wildman–Crippen LogP) is 5.46. The molecule has 1 saturated heterocycles. The zero-order valence-corrected chi connectivity index (χ0v) is 25.5. The Labute approximate surface area is 243 Å². The van der Waals surface area contributed by atoms with Gasteiger partial charge >= 0.3 is 5.97 Å². The van der Waals surface area contributed by atoms with E-state index in [-0.39, 0.29) is 25.0 Å². The molecule has 40 heavy (non-hydrogen) atoms. The number of carboxylic acid groups (broad SMARTS) is 1. The van der Waals surface area contributed by atoms with Crippen molar-refractivity contribution >= 4 is 17.8 Å². The molecule has 1 heterocycles. The number of carboxylic acids is 1. The van der Waals surface area contributed by atoms with Crippen molar-refractivity contribution < 1.29 is 29.7 Å². The van der Waals surface area contributed by atoms with Gasteiger partial charge in [0.25, 0.3) is 0 Å². The lowest BCUT2D eigenvalue weighted by Gasteiger charge is -2.35. The number of aliphatic hydroxyl groups is 2. The lowest BCUT2D eigenvalue weighted by atomic mass is 9.83. The maximum atomic E-state index is 12.7. The second-order valence-electron chi connectivity index (χ2n) is 12.3. The van der Waals surface area contributed by atoms with Crippen molar-refractivity contribution in [1.82, 2.24) is 10.2 Å². The van der Waals surface area contributed by atoms with Crippen LogP contribution in [0.15, 0.2) is 12.2 Å². The van der Waals surface area contributed by atoms with Crippen LogP contribution in [0.5, 0.6) is 0 Å². The van der Waals surface area contributed by atoms with Gasteiger partial charge in [-0.1, -0.05) is 84.3 Å². The smallest absolute Gasteiger partial charge is 0.308 e. The summed E-state index contributed by atoms with van der Waals surface area (Å²) in [4.78, 5) is 38.6. The fourth-order valence-corrected chi connectivity index (χ4v) is 5.26. The van der Waals surface area contributed by atoms with Crippen molar-refractivity contribution in [3.8, 4) is 0 Å². The molecule has 1 aliphatic heterocycles. The third kappa shape index (κ3) is 14.6. The highest BCUT2D eigenvalue weighted by Gasteiger charge is 2.36. The van der Waals surface area contributed by atoms with E-state index in [1.807, 2.05) is 4.90 Å².